The summed E-state index contributed by atoms with van der Waals surface area (Å²) in [5.41, 5.74) is -1.74. The number of carboxylic acid groups (broad SMARTS) is 1. The Labute approximate surface area is 428 Å². The van der Waals surface area contributed by atoms with Crippen LogP contribution in [-0.4, -0.2) is 156 Å². The summed E-state index contributed by atoms with van der Waals surface area (Å²) in [6.07, 6.45) is 4.93. The van der Waals surface area contributed by atoms with Gasteiger partial charge in [-0.3, -0.25) is 38.5 Å². The van der Waals surface area contributed by atoms with Crippen LogP contribution in [0.1, 0.15) is 189 Å². The molecule has 420 valence electrons. The molecule has 0 aromatic carbocycles. The van der Waals surface area contributed by atoms with Crippen LogP contribution in [0, 0.1) is 27.6 Å². The van der Waals surface area contributed by atoms with Gasteiger partial charge >= 0.3 is 35.8 Å². The van der Waals surface area contributed by atoms with E-state index in [1.807, 2.05) is 69.2 Å². The number of carbonyl (C=O) groups is 7. The molecule has 2 unspecified atom stereocenters. The lowest BCUT2D eigenvalue weighted by atomic mass is 9.78. The minimum Gasteiger partial charge on any atom is -0.481 e. The van der Waals surface area contributed by atoms with Gasteiger partial charge in [0, 0.05) is 56.8 Å². The third kappa shape index (κ3) is 32.0. The molecule has 71 heavy (non-hydrogen) atoms. The molecule has 4 N–H and O–H groups in total. The number of hydrogen-bond donors (Lipinski definition) is 4. The van der Waals surface area contributed by atoms with Crippen molar-refractivity contribution >= 4 is 41.7 Å². The molecule has 0 spiro atoms. The van der Waals surface area contributed by atoms with Crippen molar-refractivity contribution in [1.29, 1.82) is 0 Å². The van der Waals surface area contributed by atoms with E-state index in [9.17, 15) is 33.6 Å². The Kier molecular flexibility index (Phi) is 36.6. The molecular weight excluding hydrogens is 921 g/mol. The van der Waals surface area contributed by atoms with Gasteiger partial charge in [0.05, 0.1) is 34.9 Å². The summed E-state index contributed by atoms with van der Waals surface area (Å²) < 4.78 is 25.2. The first kappa shape index (κ1) is 73.7. The smallest absolute Gasteiger partial charge is 0.311 e. The molecule has 18 heteroatoms. The Morgan fingerprint density at radius 2 is 1.01 bits per heavy atom. The number of ether oxygens (including phenoxy) is 5. The Bertz CT molecular complexity index is 1550. The lowest BCUT2D eigenvalue weighted by Crippen LogP contribution is -2.60. The number of aliphatic hydroxyl groups is 3. The van der Waals surface area contributed by atoms with E-state index in [-0.39, 0.29) is 117 Å². The normalized spacial score (nSPS) is 15.3. The topological polar surface area (TPSA) is 253 Å². The summed E-state index contributed by atoms with van der Waals surface area (Å²) in [6.45, 7) is 34.8. The first-order chi connectivity index (χ1) is 32.3. The molecule has 0 bridgehead atoms. The van der Waals surface area contributed by atoms with Crippen LogP contribution < -0.4 is 0 Å². The van der Waals surface area contributed by atoms with Crippen molar-refractivity contribution in [2.75, 3.05) is 60.8 Å². The third-order valence-electron chi connectivity index (χ3n) is 13.1. The summed E-state index contributed by atoms with van der Waals surface area (Å²) in [5, 5.41) is 34.2. The van der Waals surface area contributed by atoms with Crippen LogP contribution in [0.4, 0.5) is 0 Å². The number of aliphatic carboxylic acids is 1. The second-order valence-corrected chi connectivity index (χ2v) is 22.0. The standard InChI is InChI=1S/C16H31NO2.C13H22O6.C9H18O4.C8H16O3.C7H15NO/c1-9-14(2,3)13(18)19-12-10-15(4,5)17(8)16(6,7)11-12;1-4-13(2,3)12(17)19-9-8-18-11(16)7-5-6-10(14)15;1-4-9(2,3)8(12)13-6-7(11)5-10;1-4-8(2,3)7(10)11-6-5-9;1-5-6(2)7(9)8(3)4/h12H,9-11H2,1-8H3;4-9H2,1-3H3,(H,14,15);7,10-11H,4-6H2,1-3H3;9H,4-6H2,1-3H3;6H,5H2,1-4H3. The van der Waals surface area contributed by atoms with Crippen molar-refractivity contribution < 1.29 is 77.7 Å². The van der Waals surface area contributed by atoms with Crippen LogP contribution in [0.2, 0.25) is 0 Å². The molecule has 1 aliphatic rings. The highest BCUT2D eigenvalue weighted by Gasteiger charge is 2.45. The molecule has 0 saturated carbocycles. The van der Waals surface area contributed by atoms with E-state index in [1.54, 1.807) is 46.7 Å². The highest BCUT2D eigenvalue weighted by molar-refractivity contribution is 5.78. The Morgan fingerprint density at radius 1 is 0.634 bits per heavy atom. The average Bonchev–Trinajstić information content (AvgIpc) is 3.29. The number of piperidine rings is 1. The van der Waals surface area contributed by atoms with Gasteiger partial charge in [-0.15, -0.1) is 0 Å². The van der Waals surface area contributed by atoms with Crippen LogP contribution in [-0.2, 0) is 57.2 Å². The largest absolute Gasteiger partial charge is 0.481 e. The van der Waals surface area contributed by atoms with Crippen molar-refractivity contribution in [1.82, 2.24) is 9.80 Å². The number of esters is 5. The maximum Gasteiger partial charge on any atom is 0.311 e. The predicted molar refractivity (Wildman–Crippen MR) is 275 cm³/mol. The number of aliphatic hydroxyl groups excluding tert-OH is 3. The molecule has 1 saturated heterocycles. The maximum absolute atomic E-state index is 12.2. The molecule has 1 rings (SSSR count). The van der Waals surface area contributed by atoms with E-state index in [0.717, 1.165) is 32.1 Å². The zero-order valence-electron chi connectivity index (χ0n) is 48.1. The molecular formula is C53H102N2O16. The van der Waals surface area contributed by atoms with E-state index in [0.29, 0.717) is 12.8 Å². The highest BCUT2D eigenvalue weighted by atomic mass is 16.6. The van der Waals surface area contributed by atoms with Crippen LogP contribution >= 0.6 is 0 Å². The number of rotatable bonds is 23. The van der Waals surface area contributed by atoms with Gasteiger partial charge in [0.25, 0.3) is 0 Å². The number of carboxylic acids is 1. The highest BCUT2D eigenvalue weighted by Crippen LogP contribution is 2.39. The summed E-state index contributed by atoms with van der Waals surface area (Å²) in [4.78, 5) is 82.6. The Balaban J connectivity index is -0.000000407. The van der Waals surface area contributed by atoms with Gasteiger partial charge < -0.3 is 49.0 Å². The molecule has 0 aliphatic carbocycles. The summed E-state index contributed by atoms with van der Waals surface area (Å²) in [5.74, 6) is -1.99. The van der Waals surface area contributed by atoms with E-state index < -0.39 is 34.3 Å². The minimum atomic E-state index is -0.975. The van der Waals surface area contributed by atoms with Crippen molar-refractivity contribution in [2.24, 2.45) is 27.6 Å². The molecule has 0 radical (unpaired) electrons. The zero-order chi connectivity index (χ0) is 56.8. The van der Waals surface area contributed by atoms with Gasteiger partial charge in [0.15, 0.2) is 0 Å². The van der Waals surface area contributed by atoms with Crippen LogP contribution in [0.5, 0.6) is 0 Å². The molecule has 1 heterocycles. The molecule has 0 aromatic heterocycles. The number of nitrogens with zero attached hydrogens (tertiary/aromatic N) is 2. The molecule has 1 amide bonds. The Morgan fingerprint density at radius 3 is 1.35 bits per heavy atom. The molecule has 1 fully saturated rings. The number of hydrogen-bond acceptors (Lipinski definition) is 16. The number of likely N-dealkylation sites (tertiary alicyclic amines) is 1. The summed E-state index contributed by atoms with van der Waals surface area (Å²) in [7, 11) is 5.73. The fourth-order valence-electron chi connectivity index (χ4n) is 5.56. The first-order valence-electron chi connectivity index (χ1n) is 25.2. The van der Waals surface area contributed by atoms with Gasteiger partial charge in [0.1, 0.15) is 38.6 Å². The van der Waals surface area contributed by atoms with Crippen molar-refractivity contribution in [3.8, 4) is 0 Å². The van der Waals surface area contributed by atoms with Gasteiger partial charge in [-0.05, 0) is 129 Å². The van der Waals surface area contributed by atoms with E-state index in [1.165, 1.54) is 0 Å². The molecule has 2 atom stereocenters. The van der Waals surface area contributed by atoms with E-state index >= 15 is 0 Å². The van der Waals surface area contributed by atoms with E-state index in [4.69, 9.17) is 44.1 Å². The quantitative estimate of drug-likeness (QED) is 0.0433. The fourth-order valence-corrected chi connectivity index (χ4v) is 5.56. The second-order valence-electron chi connectivity index (χ2n) is 22.0. The van der Waals surface area contributed by atoms with Crippen LogP contribution in [0.15, 0.2) is 0 Å². The second kappa shape index (κ2) is 35.3. The van der Waals surface area contributed by atoms with Gasteiger partial charge in [0.2, 0.25) is 5.91 Å². The summed E-state index contributed by atoms with van der Waals surface area (Å²) >= 11 is 0. The number of carbonyl (C=O) groups excluding carboxylic acids is 6. The van der Waals surface area contributed by atoms with Crippen LogP contribution in [0.3, 0.4) is 0 Å². The Hall–Kier alpha value is -3.87. The van der Waals surface area contributed by atoms with Gasteiger partial charge in [-0.1, -0.05) is 41.5 Å². The van der Waals surface area contributed by atoms with Gasteiger partial charge in [-0.2, -0.15) is 0 Å². The van der Waals surface area contributed by atoms with Crippen LogP contribution in [0.25, 0.3) is 0 Å². The van der Waals surface area contributed by atoms with Crippen molar-refractivity contribution in [3.05, 3.63) is 0 Å². The molecule has 0 aromatic rings. The first-order valence-corrected chi connectivity index (χ1v) is 25.2. The zero-order valence-corrected chi connectivity index (χ0v) is 48.1. The van der Waals surface area contributed by atoms with Gasteiger partial charge in [-0.25, -0.2) is 0 Å². The lowest BCUT2D eigenvalue weighted by Gasteiger charge is -2.53. The van der Waals surface area contributed by atoms with Crippen molar-refractivity contribution in [3.63, 3.8) is 0 Å². The number of amides is 1. The maximum atomic E-state index is 12.2. The fraction of sp³-hybridized carbons (Fsp3) is 0.868. The minimum absolute atomic E-state index is 0.00254. The monoisotopic (exact) mass is 1020 g/mol. The average molecular weight is 1020 g/mol. The summed E-state index contributed by atoms with van der Waals surface area (Å²) in [6, 6.07) is 0. The molecule has 18 nitrogen and oxygen atoms in total. The third-order valence-corrected chi connectivity index (χ3v) is 13.1. The SMILES string of the molecule is CCC(C)(C)C(=O)OC1CC(C)(C)N(C)C(C)(C)C1.CCC(C)(C)C(=O)OCC(O)CO.CCC(C)(C)C(=O)OCCO.CCC(C)(C)C(=O)OCCOC(=O)CCCC(=O)O.CCC(C)C(=O)N(C)C. The predicted octanol–water partition coefficient (Wildman–Crippen LogP) is 7.78. The van der Waals surface area contributed by atoms with E-state index in [2.05, 4.69) is 39.6 Å². The lowest BCUT2D eigenvalue weighted by molar-refractivity contribution is -0.169. The molecule has 1 aliphatic heterocycles. The van der Waals surface area contributed by atoms with Crippen molar-refractivity contribution in [2.45, 2.75) is 212 Å².